The topological polar surface area (TPSA) is 221 Å². The summed E-state index contributed by atoms with van der Waals surface area (Å²) in [6.45, 7) is 2.05. The minimum Gasteiger partial charge on any atom is -0.506 e. The molecule has 3 aromatic carbocycles. The van der Waals surface area contributed by atoms with E-state index < -0.39 is 36.6 Å². The van der Waals surface area contributed by atoms with Gasteiger partial charge < -0.3 is 35.8 Å². The number of phenolic OH excluding ortho intramolecular Hbond substituents is 1. The van der Waals surface area contributed by atoms with Gasteiger partial charge in [0.05, 0.1) is 25.5 Å². The van der Waals surface area contributed by atoms with Crippen molar-refractivity contribution in [2.24, 2.45) is 0 Å². The Bertz CT molecular complexity index is 2090. The second-order valence-electron chi connectivity index (χ2n) is 11.3. The number of carbonyl (C=O) groups excluding carboxylic acids is 1. The summed E-state index contributed by atoms with van der Waals surface area (Å²) >= 11 is 0. The standard InChI is InChI=1S/C32H32N10O6/c1-2-42-39-28(38-40-42)25-24(45)26(48-31(46)21-13-12-18-10-6-7-11-20(18)23(21)44)30(47-25)41-16-34-22-27(33)36-32(37-29(22)41)35-19(15-43)14-17-8-4-3-5-9-17/h3-13,16,19,24-26,30,43-45H,2,14-15H2,1H3,(H3,33,35,36,37)/t19-,24+,25-,26+,30+/m0/s1. The fourth-order valence-electron chi connectivity index (χ4n) is 5.76. The number of fused-ring (bicyclic) bond motifs is 2. The van der Waals surface area contributed by atoms with Crippen molar-refractivity contribution in [1.29, 1.82) is 0 Å². The third kappa shape index (κ3) is 5.72. The molecule has 0 spiro atoms. The SMILES string of the molecule is CCn1nnc([C@H]2O[C@@H](n3cnc4c(N)nc(N[C@H](CO)Cc5ccccc5)nc43)[C@H](OC(=O)c3ccc4ccccc4c3O)[C@@H]2O)n1. The fourth-order valence-corrected chi connectivity index (χ4v) is 5.76. The maximum absolute atomic E-state index is 13.6. The van der Waals surface area contributed by atoms with Crippen LogP contribution in [0.25, 0.3) is 21.9 Å². The van der Waals surface area contributed by atoms with E-state index in [1.807, 2.05) is 43.3 Å². The lowest BCUT2D eigenvalue weighted by Gasteiger charge is -2.22. The highest BCUT2D eigenvalue weighted by atomic mass is 16.6. The number of phenols is 1. The number of nitrogens with zero attached hydrogens (tertiary/aromatic N) is 8. The summed E-state index contributed by atoms with van der Waals surface area (Å²) in [5.74, 6) is -0.905. The molecular formula is C32H32N10O6. The second-order valence-corrected chi connectivity index (χ2v) is 11.3. The Labute approximate surface area is 272 Å². The number of aromatic hydroxyl groups is 1. The highest BCUT2D eigenvalue weighted by Gasteiger charge is 2.50. The number of tetrazole rings is 1. The molecule has 0 radical (unpaired) electrons. The minimum atomic E-state index is -1.46. The summed E-state index contributed by atoms with van der Waals surface area (Å²) < 4.78 is 13.6. The summed E-state index contributed by atoms with van der Waals surface area (Å²) in [6.07, 6.45) is -3.29. The molecule has 1 aliphatic rings. The average Bonchev–Trinajstić information content (AvgIpc) is 3.83. The molecule has 4 heterocycles. The van der Waals surface area contributed by atoms with E-state index >= 15 is 0 Å². The van der Waals surface area contributed by atoms with Crippen LogP contribution in [0.2, 0.25) is 0 Å². The van der Waals surface area contributed by atoms with Crippen LogP contribution in [0.15, 0.2) is 73.1 Å². The number of nitrogen functional groups attached to an aromatic ring is 1. The van der Waals surface area contributed by atoms with E-state index in [0.717, 1.165) is 10.9 Å². The Morgan fingerprint density at radius 1 is 1.10 bits per heavy atom. The van der Waals surface area contributed by atoms with Gasteiger partial charge in [0.1, 0.15) is 22.9 Å². The molecular weight excluding hydrogens is 620 g/mol. The van der Waals surface area contributed by atoms with Crippen molar-refractivity contribution < 1.29 is 29.6 Å². The predicted molar refractivity (Wildman–Crippen MR) is 172 cm³/mol. The molecule has 6 aromatic rings. The monoisotopic (exact) mass is 652 g/mol. The number of ether oxygens (including phenoxy) is 2. The predicted octanol–water partition coefficient (Wildman–Crippen LogP) is 2.15. The van der Waals surface area contributed by atoms with Crippen LogP contribution in [-0.2, 0) is 22.4 Å². The molecule has 0 unspecified atom stereocenters. The van der Waals surface area contributed by atoms with Crippen LogP contribution in [-0.4, -0.2) is 85.9 Å². The Kier molecular flexibility index (Phi) is 8.26. The molecule has 0 aliphatic carbocycles. The van der Waals surface area contributed by atoms with Gasteiger partial charge in [0.15, 0.2) is 29.9 Å². The number of nitrogens with two attached hydrogens (primary N) is 1. The summed E-state index contributed by atoms with van der Waals surface area (Å²) in [5.41, 5.74) is 7.64. The molecule has 1 fully saturated rings. The molecule has 48 heavy (non-hydrogen) atoms. The van der Waals surface area contributed by atoms with Gasteiger partial charge in [-0.2, -0.15) is 14.8 Å². The van der Waals surface area contributed by atoms with Crippen LogP contribution in [0, 0.1) is 0 Å². The number of hydrogen-bond donors (Lipinski definition) is 5. The van der Waals surface area contributed by atoms with E-state index in [-0.39, 0.29) is 46.7 Å². The van der Waals surface area contributed by atoms with Crippen LogP contribution in [0.1, 0.15) is 41.0 Å². The highest BCUT2D eigenvalue weighted by Crippen LogP contribution is 2.41. The van der Waals surface area contributed by atoms with Gasteiger partial charge in [-0.05, 0) is 35.6 Å². The van der Waals surface area contributed by atoms with Crippen molar-refractivity contribution in [3.8, 4) is 5.75 Å². The summed E-state index contributed by atoms with van der Waals surface area (Å²) in [5, 5.41) is 49.2. The first-order valence-corrected chi connectivity index (χ1v) is 15.3. The second kappa shape index (κ2) is 12.8. The number of hydrogen-bond acceptors (Lipinski definition) is 14. The van der Waals surface area contributed by atoms with Crippen molar-refractivity contribution in [3.05, 3.63) is 90.0 Å². The van der Waals surface area contributed by atoms with E-state index in [0.29, 0.717) is 18.4 Å². The van der Waals surface area contributed by atoms with Crippen LogP contribution >= 0.6 is 0 Å². The van der Waals surface area contributed by atoms with Gasteiger partial charge in [-0.1, -0.05) is 60.7 Å². The Hall–Kier alpha value is -5.71. The molecule has 5 atom stereocenters. The molecule has 246 valence electrons. The first-order chi connectivity index (χ1) is 23.3. The molecule has 16 heteroatoms. The summed E-state index contributed by atoms with van der Waals surface area (Å²) in [4.78, 5) is 28.3. The number of imidazole rings is 1. The largest absolute Gasteiger partial charge is 0.506 e. The molecule has 7 rings (SSSR count). The number of aliphatic hydroxyl groups excluding tert-OH is 2. The van der Waals surface area contributed by atoms with Crippen molar-refractivity contribution in [3.63, 3.8) is 0 Å². The maximum Gasteiger partial charge on any atom is 0.342 e. The molecule has 0 amide bonds. The number of aliphatic hydroxyl groups is 2. The molecule has 3 aromatic heterocycles. The lowest BCUT2D eigenvalue weighted by atomic mass is 10.1. The Balaban J connectivity index is 1.24. The minimum absolute atomic E-state index is 0.0509. The van der Waals surface area contributed by atoms with E-state index in [1.54, 1.807) is 24.3 Å². The number of aryl methyl sites for hydroxylation is 1. The van der Waals surface area contributed by atoms with Gasteiger partial charge in [0, 0.05) is 5.39 Å². The maximum atomic E-state index is 13.6. The lowest BCUT2D eigenvalue weighted by Crippen LogP contribution is -2.34. The summed E-state index contributed by atoms with van der Waals surface area (Å²) in [6, 6.07) is 19.4. The van der Waals surface area contributed by atoms with Crippen molar-refractivity contribution in [2.75, 3.05) is 17.7 Å². The average molecular weight is 653 g/mol. The molecule has 6 N–H and O–H groups in total. The number of carbonyl (C=O) groups is 1. The van der Waals surface area contributed by atoms with Gasteiger partial charge >= 0.3 is 5.97 Å². The third-order valence-electron chi connectivity index (χ3n) is 8.18. The quantitative estimate of drug-likeness (QED) is 0.134. The van der Waals surface area contributed by atoms with E-state index in [1.165, 1.54) is 21.8 Å². The third-order valence-corrected chi connectivity index (χ3v) is 8.18. The first-order valence-electron chi connectivity index (χ1n) is 15.3. The van der Waals surface area contributed by atoms with E-state index in [2.05, 4.69) is 35.7 Å². The van der Waals surface area contributed by atoms with Crippen LogP contribution in [0.4, 0.5) is 11.8 Å². The number of aromatic nitrogens is 8. The zero-order chi connectivity index (χ0) is 33.4. The van der Waals surface area contributed by atoms with E-state index in [4.69, 9.17) is 15.2 Å². The smallest absolute Gasteiger partial charge is 0.342 e. The number of rotatable bonds is 10. The number of esters is 1. The van der Waals surface area contributed by atoms with Crippen molar-refractivity contribution >= 4 is 39.7 Å². The number of anilines is 2. The van der Waals surface area contributed by atoms with Crippen LogP contribution in [0.5, 0.6) is 5.75 Å². The van der Waals surface area contributed by atoms with Gasteiger partial charge in [-0.15, -0.1) is 10.2 Å². The van der Waals surface area contributed by atoms with Gasteiger partial charge in [0.25, 0.3) is 0 Å². The number of benzene rings is 3. The molecule has 0 bridgehead atoms. The summed E-state index contributed by atoms with van der Waals surface area (Å²) in [7, 11) is 0. The molecule has 1 saturated heterocycles. The van der Waals surface area contributed by atoms with Gasteiger partial charge in [0.2, 0.25) is 11.8 Å². The first kappa shape index (κ1) is 30.9. The van der Waals surface area contributed by atoms with Gasteiger partial charge in [-0.3, -0.25) is 4.57 Å². The molecule has 1 aliphatic heterocycles. The Morgan fingerprint density at radius 2 is 1.90 bits per heavy atom. The van der Waals surface area contributed by atoms with Crippen LogP contribution < -0.4 is 11.1 Å². The highest BCUT2D eigenvalue weighted by molar-refractivity contribution is 6.01. The van der Waals surface area contributed by atoms with Crippen molar-refractivity contribution in [1.82, 2.24) is 39.7 Å². The van der Waals surface area contributed by atoms with Gasteiger partial charge in [-0.25, -0.2) is 9.78 Å². The normalized spacial score (nSPS) is 19.9. The van der Waals surface area contributed by atoms with Crippen molar-refractivity contribution in [2.45, 2.75) is 50.5 Å². The number of nitrogens with one attached hydrogen (secondary N) is 1. The molecule has 0 saturated carbocycles. The Morgan fingerprint density at radius 3 is 2.67 bits per heavy atom. The zero-order valence-electron chi connectivity index (χ0n) is 25.7. The van der Waals surface area contributed by atoms with Crippen LogP contribution in [0.3, 0.4) is 0 Å². The van der Waals surface area contributed by atoms with E-state index in [9.17, 15) is 20.1 Å². The fraction of sp³-hybridized carbons (Fsp3) is 0.281. The lowest BCUT2D eigenvalue weighted by molar-refractivity contribution is -0.0493. The molecule has 16 nitrogen and oxygen atoms in total. The zero-order valence-corrected chi connectivity index (χ0v) is 25.7.